The van der Waals surface area contributed by atoms with E-state index in [1.807, 2.05) is 6.07 Å². The van der Waals surface area contributed by atoms with Crippen molar-refractivity contribution in [3.8, 4) is 6.07 Å². The minimum Gasteiger partial charge on any atom is -0.338 e. The van der Waals surface area contributed by atoms with Gasteiger partial charge in [-0.3, -0.25) is 4.79 Å². The molecule has 1 atom stereocenters. The van der Waals surface area contributed by atoms with Crippen molar-refractivity contribution in [1.82, 2.24) is 4.90 Å². The highest BCUT2D eigenvalue weighted by atomic mass is 19.1. The summed E-state index contributed by atoms with van der Waals surface area (Å²) in [5.74, 6) is 0.524. The number of hydrogen-bond donors (Lipinski definition) is 0. The van der Waals surface area contributed by atoms with E-state index in [1.54, 1.807) is 4.90 Å². The SMILES string of the molecule is CC(C)C1CC(=O)N(Cc2cc(F)ccc2C#N)C1. The van der Waals surface area contributed by atoms with Crippen LogP contribution in [0.3, 0.4) is 0 Å². The van der Waals surface area contributed by atoms with Gasteiger partial charge in [0.2, 0.25) is 5.91 Å². The summed E-state index contributed by atoms with van der Waals surface area (Å²) in [6.45, 7) is 5.22. The van der Waals surface area contributed by atoms with Gasteiger partial charge in [-0.1, -0.05) is 13.8 Å². The van der Waals surface area contributed by atoms with E-state index in [1.165, 1.54) is 18.2 Å². The molecule has 0 saturated carbocycles. The molecule has 1 aromatic carbocycles. The summed E-state index contributed by atoms with van der Waals surface area (Å²) in [6, 6.07) is 6.11. The molecule has 1 aromatic rings. The minimum absolute atomic E-state index is 0.0897. The first-order chi connectivity index (χ1) is 9.01. The van der Waals surface area contributed by atoms with Crippen LogP contribution in [-0.4, -0.2) is 17.4 Å². The summed E-state index contributed by atoms with van der Waals surface area (Å²) in [4.78, 5) is 13.6. The standard InChI is InChI=1S/C15H17FN2O/c1-10(2)12-6-15(19)18(8-12)9-13-5-14(16)4-3-11(13)7-17/h3-5,10,12H,6,8-9H2,1-2H3. The summed E-state index contributed by atoms with van der Waals surface area (Å²) in [6.07, 6.45) is 0.550. The largest absolute Gasteiger partial charge is 0.338 e. The van der Waals surface area contributed by atoms with Crippen LogP contribution in [0.5, 0.6) is 0 Å². The van der Waals surface area contributed by atoms with Gasteiger partial charge in [-0.05, 0) is 35.6 Å². The van der Waals surface area contributed by atoms with Crippen molar-refractivity contribution in [3.05, 3.63) is 35.1 Å². The Morgan fingerprint density at radius 2 is 2.26 bits per heavy atom. The van der Waals surface area contributed by atoms with Crippen LogP contribution in [0.1, 0.15) is 31.4 Å². The summed E-state index contributed by atoms with van der Waals surface area (Å²) >= 11 is 0. The topological polar surface area (TPSA) is 44.1 Å². The molecule has 1 saturated heterocycles. The first-order valence-corrected chi connectivity index (χ1v) is 6.47. The Morgan fingerprint density at radius 3 is 2.84 bits per heavy atom. The van der Waals surface area contributed by atoms with Crippen molar-refractivity contribution in [3.63, 3.8) is 0 Å². The third-order valence-electron chi connectivity index (χ3n) is 3.74. The smallest absolute Gasteiger partial charge is 0.223 e. The normalized spacial score (nSPS) is 19.0. The van der Waals surface area contributed by atoms with E-state index < -0.39 is 0 Å². The molecule has 4 heteroatoms. The quantitative estimate of drug-likeness (QED) is 0.838. The molecule has 0 bridgehead atoms. The molecule has 1 aliphatic rings. The summed E-state index contributed by atoms with van der Waals surface area (Å²) in [5, 5.41) is 9.01. The molecule has 1 amide bonds. The number of carbonyl (C=O) groups is 1. The predicted octanol–water partition coefficient (Wildman–Crippen LogP) is 2.70. The highest BCUT2D eigenvalue weighted by Gasteiger charge is 2.31. The maximum Gasteiger partial charge on any atom is 0.223 e. The lowest BCUT2D eigenvalue weighted by Crippen LogP contribution is -2.25. The average Bonchev–Trinajstić information content (AvgIpc) is 2.72. The highest BCUT2D eigenvalue weighted by Crippen LogP contribution is 2.26. The summed E-state index contributed by atoms with van der Waals surface area (Å²) < 4.78 is 13.2. The average molecular weight is 260 g/mol. The molecule has 1 unspecified atom stereocenters. The summed E-state index contributed by atoms with van der Waals surface area (Å²) in [5.41, 5.74) is 1.02. The van der Waals surface area contributed by atoms with E-state index in [-0.39, 0.29) is 11.7 Å². The lowest BCUT2D eigenvalue weighted by atomic mass is 9.95. The van der Waals surface area contributed by atoms with Crippen molar-refractivity contribution in [1.29, 1.82) is 5.26 Å². The molecule has 0 N–H and O–H groups in total. The Labute approximate surface area is 112 Å². The Balaban J connectivity index is 2.16. The molecular formula is C15H17FN2O. The van der Waals surface area contributed by atoms with Crippen LogP contribution < -0.4 is 0 Å². The molecule has 0 radical (unpaired) electrons. The molecular weight excluding hydrogens is 243 g/mol. The number of nitrogens with zero attached hydrogens (tertiary/aromatic N) is 2. The fourth-order valence-corrected chi connectivity index (χ4v) is 2.41. The molecule has 2 rings (SSSR count). The van der Waals surface area contributed by atoms with E-state index in [0.717, 1.165) is 0 Å². The second-order valence-corrected chi connectivity index (χ2v) is 5.40. The van der Waals surface area contributed by atoms with Crippen LogP contribution in [0.4, 0.5) is 4.39 Å². The molecule has 0 spiro atoms. The predicted molar refractivity (Wildman–Crippen MR) is 69.5 cm³/mol. The maximum absolute atomic E-state index is 13.2. The van der Waals surface area contributed by atoms with E-state index in [0.29, 0.717) is 42.5 Å². The van der Waals surface area contributed by atoms with Crippen LogP contribution in [0.2, 0.25) is 0 Å². The van der Waals surface area contributed by atoms with Gasteiger partial charge >= 0.3 is 0 Å². The van der Waals surface area contributed by atoms with Gasteiger partial charge in [0.25, 0.3) is 0 Å². The Morgan fingerprint density at radius 1 is 1.53 bits per heavy atom. The van der Waals surface area contributed by atoms with Crippen molar-refractivity contribution in [2.45, 2.75) is 26.8 Å². The van der Waals surface area contributed by atoms with E-state index in [4.69, 9.17) is 5.26 Å². The zero-order chi connectivity index (χ0) is 14.0. The third kappa shape index (κ3) is 2.93. The third-order valence-corrected chi connectivity index (χ3v) is 3.74. The lowest BCUT2D eigenvalue weighted by molar-refractivity contribution is -0.128. The van der Waals surface area contributed by atoms with Gasteiger partial charge in [0, 0.05) is 19.5 Å². The Bertz CT molecular complexity index is 533. The van der Waals surface area contributed by atoms with Crippen LogP contribution in [0.25, 0.3) is 0 Å². The number of nitriles is 1. The van der Waals surface area contributed by atoms with Crippen molar-refractivity contribution >= 4 is 5.91 Å². The fraction of sp³-hybridized carbons (Fsp3) is 0.467. The van der Waals surface area contributed by atoms with Crippen LogP contribution >= 0.6 is 0 Å². The number of benzene rings is 1. The van der Waals surface area contributed by atoms with Crippen LogP contribution in [-0.2, 0) is 11.3 Å². The molecule has 3 nitrogen and oxygen atoms in total. The van der Waals surface area contributed by atoms with Gasteiger partial charge in [0.15, 0.2) is 0 Å². The minimum atomic E-state index is -0.374. The number of hydrogen-bond acceptors (Lipinski definition) is 2. The van der Waals surface area contributed by atoms with E-state index >= 15 is 0 Å². The van der Waals surface area contributed by atoms with Gasteiger partial charge in [-0.2, -0.15) is 5.26 Å². The lowest BCUT2D eigenvalue weighted by Gasteiger charge is -2.18. The van der Waals surface area contributed by atoms with Gasteiger partial charge < -0.3 is 4.90 Å². The van der Waals surface area contributed by atoms with Crippen molar-refractivity contribution in [2.24, 2.45) is 11.8 Å². The fourth-order valence-electron chi connectivity index (χ4n) is 2.41. The molecule has 19 heavy (non-hydrogen) atoms. The van der Waals surface area contributed by atoms with Crippen molar-refractivity contribution < 1.29 is 9.18 Å². The highest BCUT2D eigenvalue weighted by molar-refractivity contribution is 5.78. The van der Waals surface area contributed by atoms with Gasteiger partial charge in [0.1, 0.15) is 5.82 Å². The van der Waals surface area contributed by atoms with Gasteiger partial charge in [0.05, 0.1) is 11.6 Å². The second kappa shape index (κ2) is 5.40. The van der Waals surface area contributed by atoms with Crippen LogP contribution in [0, 0.1) is 29.0 Å². The zero-order valence-corrected chi connectivity index (χ0v) is 11.2. The number of halogens is 1. The number of carbonyl (C=O) groups excluding carboxylic acids is 1. The zero-order valence-electron chi connectivity index (χ0n) is 11.2. The van der Waals surface area contributed by atoms with E-state index in [2.05, 4.69) is 13.8 Å². The van der Waals surface area contributed by atoms with E-state index in [9.17, 15) is 9.18 Å². The molecule has 0 aromatic heterocycles. The molecule has 100 valence electrons. The molecule has 1 aliphatic heterocycles. The Hall–Kier alpha value is -1.89. The van der Waals surface area contributed by atoms with Gasteiger partial charge in [-0.25, -0.2) is 4.39 Å². The monoisotopic (exact) mass is 260 g/mol. The number of rotatable bonds is 3. The molecule has 0 aliphatic carbocycles. The molecule has 1 heterocycles. The number of likely N-dealkylation sites (tertiary alicyclic amines) is 1. The number of amides is 1. The Kier molecular flexibility index (Phi) is 3.84. The first kappa shape index (κ1) is 13.5. The van der Waals surface area contributed by atoms with Gasteiger partial charge in [-0.15, -0.1) is 0 Å². The van der Waals surface area contributed by atoms with Crippen molar-refractivity contribution in [2.75, 3.05) is 6.54 Å². The summed E-state index contributed by atoms with van der Waals surface area (Å²) in [7, 11) is 0. The second-order valence-electron chi connectivity index (χ2n) is 5.40. The first-order valence-electron chi connectivity index (χ1n) is 6.47. The van der Waals surface area contributed by atoms with Crippen LogP contribution in [0.15, 0.2) is 18.2 Å². The maximum atomic E-state index is 13.2. The molecule has 1 fully saturated rings.